The lowest BCUT2D eigenvalue weighted by atomic mass is 10.2. The van der Waals surface area contributed by atoms with Crippen molar-refractivity contribution in [1.29, 1.82) is 0 Å². The van der Waals surface area contributed by atoms with Crippen molar-refractivity contribution >= 4 is 16.5 Å². The standard InChI is InChI=1S/C17H24N4OS/c1-2-19-7-9-21(10-8-19)17-18-15-5-6-20(13-16(15)23-17)12-14-4-3-11-22-14/h3-4,11H,2,5-10,12-13H2,1H3. The highest BCUT2D eigenvalue weighted by Crippen LogP contribution is 2.31. The van der Waals surface area contributed by atoms with E-state index >= 15 is 0 Å². The van der Waals surface area contributed by atoms with Crippen molar-refractivity contribution in [2.24, 2.45) is 0 Å². The summed E-state index contributed by atoms with van der Waals surface area (Å²) in [4.78, 5) is 13.8. The van der Waals surface area contributed by atoms with Crippen LogP contribution >= 0.6 is 11.3 Å². The molecule has 6 heteroatoms. The zero-order valence-corrected chi connectivity index (χ0v) is 14.5. The summed E-state index contributed by atoms with van der Waals surface area (Å²) in [6.07, 6.45) is 2.81. The molecular formula is C17H24N4OS. The summed E-state index contributed by atoms with van der Waals surface area (Å²) >= 11 is 1.89. The molecule has 0 radical (unpaired) electrons. The molecule has 2 aliphatic heterocycles. The summed E-state index contributed by atoms with van der Waals surface area (Å²) in [6, 6.07) is 4.02. The summed E-state index contributed by atoms with van der Waals surface area (Å²) in [7, 11) is 0. The summed E-state index contributed by atoms with van der Waals surface area (Å²) in [5.41, 5.74) is 1.32. The number of aromatic nitrogens is 1. The molecule has 4 rings (SSSR count). The number of likely N-dealkylation sites (N-methyl/N-ethyl adjacent to an activating group) is 1. The first-order valence-corrected chi connectivity index (χ1v) is 9.34. The number of furan rings is 1. The summed E-state index contributed by atoms with van der Waals surface area (Å²) in [6.45, 7) is 10.9. The Bertz CT molecular complexity index is 631. The van der Waals surface area contributed by atoms with E-state index in [1.165, 1.54) is 15.7 Å². The lowest BCUT2D eigenvalue weighted by Gasteiger charge is -2.33. The van der Waals surface area contributed by atoms with E-state index in [2.05, 4.69) is 27.7 Å². The maximum absolute atomic E-state index is 5.48. The fourth-order valence-corrected chi connectivity index (χ4v) is 4.58. The average molecular weight is 332 g/mol. The molecule has 0 N–H and O–H groups in total. The molecular weight excluding hydrogens is 308 g/mol. The molecule has 5 nitrogen and oxygen atoms in total. The van der Waals surface area contributed by atoms with Gasteiger partial charge in [0.25, 0.3) is 0 Å². The fourth-order valence-electron chi connectivity index (χ4n) is 3.38. The highest BCUT2D eigenvalue weighted by atomic mass is 32.1. The minimum Gasteiger partial charge on any atom is -0.468 e. The lowest BCUT2D eigenvalue weighted by Crippen LogP contribution is -2.46. The Balaban J connectivity index is 1.41. The van der Waals surface area contributed by atoms with Crippen LogP contribution in [0.4, 0.5) is 5.13 Å². The summed E-state index contributed by atoms with van der Waals surface area (Å²) in [5, 5.41) is 1.23. The van der Waals surface area contributed by atoms with Crippen LogP contribution < -0.4 is 4.90 Å². The van der Waals surface area contributed by atoms with Crippen molar-refractivity contribution in [3.63, 3.8) is 0 Å². The smallest absolute Gasteiger partial charge is 0.185 e. The molecule has 0 saturated carbocycles. The van der Waals surface area contributed by atoms with Crippen LogP contribution in [0.15, 0.2) is 22.8 Å². The van der Waals surface area contributed by atoms with Gasteiger partial charge in [0.1, 0.15) is 5.76 Å². The SMILES string of the molecule is CCN1CCN(c2nc3c(s2)CN(Cc2ccco2)CC3)CC1. The van der Waals surface area contributed by atoms with E-state index in [4.69, 9.17) is 9.40 Å². The van der Waals surface area contributed by atoms with Gasteiger partial charge in [-0.3, -0.25) is 4.90 Å². The number of nitrogens with zero attached hydrogens (tertiary/aromatic N) is 4. The van der Waals surface area contributed by atoms with Gasteiger partial charge in [-0.15, -0.1) is 11.3 Å². The first-order valence-electron chi connectivity index (χ1n) is 8.52. The number of hydrogen-bond acceptors (Lipinski definition) is 6. The largest absolute Gasteiger partial charge is 0.468 e. The van der Waals surface area contributed by atoms with Gasteiger partial charge in [-0.25, -0.2) is 4.98 Å². The summed E-state index contributed by atoms with van der Waals surface area (Å²) in [5.74, 6) is 1.05. The van der Waals surface area contributed by atoms with Crippen molar-refractivity contribution in [2.75, 3.05) is 44.2 Å². The number of thiazole rings is 1. The van der Waals surface area contributed by atoms with Crippen LogP contribution in [0.25, 0.3) is 0 Å². The van der Waals surface area contributed by atoms with E-state index < -0.39 is 0 Å². The van der Waals surface area contributed by atoms with E-state index in [1.807, 2.05) is 17.4 Å². The van der Waals surface area contributed by atoms with Crippen LogP contribution in [0, 0.1) is 0 Å². The zero-order valence-electron chi connectivity index (χ0n) is 13.7. The van der Waals surface area contributed by atoms with Crippen molar-refractivity contribution in [3.8, 4) is 0 Å². The number of rotatable bonds is 4. The van der Waals surface area contributed by atoms with Crippen molar-refractivity contribution < 1.29 is 4.42 Å². The molecule has 0 unspecified atom stereocenters. The molecule has 23 heavy (non-hydrogen) atoms. The van der Waals surface area contributed by atoms with Crippen molar-refractivity contribution in [1.82, 2.24) is 14.8 Å². The molecule has 1 saturated heterocycles. The van der Waals surface area contributed by atoms with Crippen molar-refractivity contribution in [2.45, 2.75) is 26.4 Å². The van der Waals surface area contributed by atoms with Crippen LogP contribution in [0.2, 0.25) is 0 Å². The van der Waals surface area contributed by atoms with Gasteiger partial charge in [0.2, 0.25) is 0 Å². The van der Waals surface area contributed by atoms with Gasteiger partial charge < -0.3 is 14.2 Å². The zero-order chi connectivity index (χ0) is 15.6. The second-order valence-corrected chi connectivity index (χ2v) is 7.39. The Hall–Kier alpha value is -1.37. The third-order valence-electron chi connectivity index (χ3n) is 4.85. The van der Waals surface area contributed by atoms with Crippen LogP contribution in [-0.2, 0) is 19.5 Å². The van der Waals surface area contributed by atoms with Crippen LogP contribution in [0.3, 0.4) is 0 Å². The minimum absolute atomic E-state index is 0.898. The van der Waals surface area contributed by atoms with Gasteiger partial charge in [0.15, 0.2) is 5.13 Å². The molecule has 2 aromatic heterocycles. The number of hydrogen-bond donors (Lipinski definition) is 0. The third-order valence-corrected chi connectivity index (χ3v) is 5.99. The van der Waals surface area contributed by atoms with Crippen LogP contribution in [0.5, 0.6) is 0 Å². The molecule has 0 amide bonds. The molecule has 2 aromatic rings. The monoisotopic (exact) mass is 332 g/mol. The van der Waals surface area contributed by atoms with Crippen molar-refractivity contribution in [3.05, 3.63) is 34.7 Å². The fraction of sp³-hybridized carbons (Fsp3) is 0.588. The Kier molecular flexibility index (Phi) is 4.37. The van der Waals surface area contributed by atoms with E-state index in [0.29, 0.717) is 0 Å². The normalized spacial score (nSPS) is 20.0. The van der Waals surface area contributed by atoms with E-state index in [1.54, 1.807) is 6.26 Å². The highest BCUT2D eigenvalue weighted by Gasteiger charge is 2.24. The molecule has 4 heterocycles. The van der Waals surface area contributed by atoms with Gasteiger partial charge in [-0.2, -0.15) is 0 Å². The van der Waals surface area contributed by atoms with Crippen LogP contribution in [-0.4, -0.2) is 54.1 Å². The lowest BCUT2D eigenvalue weighted by molar-refractivity contribution is 0.227. The van der Waals surface area contributed by atoms with Gasteiger partial charge in [-0.05, 0) is 18.7 Å². The first-order chi connectivity index (χ1) is 11.3. The second-order valence-electron chi connectivity index (χ2n) is 6.33. The average Bonchev–Trinajstić information content (AvgIpc) is 3.24. The molecule has 0 spiro atoms. The predicted octanol–water partition coefficient (Wildman–Crippen LogP) is 2.44. The quantitative estimate of drug-likeness (QED) is 0.859. The molecule has 124 valence electrons. The van der Waals surface area contributed by atoms with Gasteiger partial charge in [0.05, 0.1) is 18.5 Å². The first kappa shape index (κ1) is 15.2. The number of piperazine rings is 1. The molecule has 0 bridgehead atoms. The summed E-state index contributed by atoms with van der Waals surface area (Å²) < 4.78 is 5.48. The molecule has 0 atom stereocenters. The second kappa shape index (κ2) is 6.63. The topological polar surface area (TPSA) is 35.8 Å². The highest BCUT2D eigenvalue weighted by molar-refractivity contribution is 7.15. The molecule has 0 aromatic carbocycles. The number of fused-ring (bicyclic) bond motifs is 1. The van der Waals surface area contributed by atoms with E-state index in [9.17, 15) is 0 Å². The third kappa shape index (κ3) is 3.29. The maximum atomic E-state index is 5.48. The maximum Gasteiger partial charge on any atom is 0.185 e. The predicted molar refractivity (Wildman–Crippen MR) is 93.0 cm³/mol. The minimum atomic E-state index is 0.898. The Morgan fingerprint density at radius 1 is 1.17 bits per heavy atom. The van der Waals surface area contributed by atoms with Gasteiger partial charge >= 0.3 is 0 Å². The van der Waals surface area contributed by atoms with E-state index in [0.717, 1.165) is 64.5 Å². The van der Waals surface area contributed by atoms with Gasteiger partial charge in [0, 0.05) is 50.6 Å². The Morgan fingerprint density at radius 3 is 2.78 bits per heavy atom. The molecule has 2 aliphatic rings. The Labute approximate surface area is 141 Å². The Morgan fingerprint density at radius 2 is 2.04 bits per heavy atom. The number of anilines is 1. The molecule has 0 aliphatic carbocycles. The molecule has 1 fully saturated rings. The van der Waals surface area contributed by atoms with Gasteiger partial charge in [-0.1, -0.05) is 6.92 Å². The van der Waals surface area contributed by atoms with E-state index in [-0.39, 0.29) is 0 Å². The van der Waals surface area contributed by atoms with Crippen LogP contribution in [0.1, 0.15) is 23.3 Å².